The molecule has 7 aromatic rings. The monoisotopic (exact) mass is 882 g/mol. The Labute approximate surface area is 395 Å². The minimum absolute atomic E-state index is 0. The molecule has 0 amide bonds. The van der Waals surface area contributed by atoms with Crippen LogP contribution >= 0.6 is 0 Å². The van der Waals surface area contributed by atoms with Crippen molar-refractivity contribution in [3.05, 3.63) is 78.9 Å². The van der Waals surface area contributed by atoms with Crippen molar-refractivity contribution >= 4 is 74.5 Å². The van der Waals surface area contributed by atoms with Gasteiger partial charge in [0.25, 0.3) is 0 Å². The Kier molecular flexibility index (Phi) is 12.8. The fourth-order valence-electron chi connectivity index (χ4n) is 6.02. The minimum Gasteiger partial charge on any atom is -0.744 e. The van der Waals surface area contributed by atoms with E-state index in [-0.39, 0.29) is 181 Å². The topological polar surface area (TPSA) is 277 Å². The normalized spacial score (nSPS) is 12.1. The minimum atomic E-state index is -4.95. The fraction of sp³-hybridized carbons (Fsp3) is 0. The maximum absolute atomic E-state index is 12.0. The Balaban J connectivity index is 0.00000150. The number of aromatic nitrogens is 8. The standard InChI is InChI=1S/C32H16N8O9S3.3Na.Zn/c41-50(42,43)14-5-8-19-22(11-14)31-36-27(19)34-25-17-3-1-2-4-18(17)26(33-25)35-30-23-12-15(51(44,45)46)6-9-20(23)28(37-30)39-32-24-13-16(52(47,48)49)7-10-21(24)29(38-31)40-32;;;;/h1-13H,(H3-2,33,34,35,36,37,38,39,40,41,42,43,44,45,46,47,48,49);;;;/q-2;3*+1;+2/p-3. The van der Waals surface area contributed by atoms with Crippen LogP contribution < -0.4 is 98.6 Å². The Hall–Kier alpha value is -2.41. The first kappa shape index (κ1) is 44.7. The molecule has 0 saturated heterocycles. The van der Waals surface area contributed by atoms with Crippen molar-refractivity contribution in [2.24, 2.45) is 0 Å². The van der Waals surface area contributed by atoms with Crippen molar-refractivity contribution in [3.63, 3.8) is 0 Å². The van der Waals surface area contributed by atoms with Crippen molar-refractivity contribution in [2.75, 3.05) is 0 Å². The summed E-state index contributed by atoms with van der Waals surface area (Å²) < 4.78 is 108. The van der Waals surface area contributed by atoms with E-state index in [2.05, 4.69) is 39.9 Å². The van der Waals surface area contributed by atoms with Crippen LogP contribution in [0.3, 0.4) is 0 Å². The van der Waals surface area contributed by atoms with Crippen molar-refractivity contribution in [3.8, 4) is 45.6 Å². The third-order valence-corrected chi connectivity index (χ3v) is 10.9. The molecule has 2 aliphatic rings. The van der Waals surface area contributed by atoms with E-state index in [1.54, 1.807) is 24.3 Å². The summed E-state index contributed by atoms with van der Waals surface area (Å²) in [6, 6.07) is 17.3. The maximum atomic E-state index is 12.0. The third kappa shape index (κ3) is 7.86. The average molecular weight is 884 g/mol. The number of benzene rings is 4. The number of nitrogens with zero attached hydrogens (tertiary/aromatic N) is 8. The van der Waals surface area contributed by atoms with Crippen LogP contribution in [0, 0.1) is 0 Å². The van der Waals surface area contributed by atoms with Gasteiger partial charge in [-0.2, -0.15) is 0 Å². The molecule has 0 spiro atoms. The zero-order valence-electron chi connectivity index (χ0n) is 29.2. The Bertz CT molecular complexity index is 3280. The third-order valence-electron chi connectivity index (χ3n) is 8.39. The molecular weight excluding hydrogens is 871 g/mol. The summed E-state index contributed by atoms with van der Waals surface area (Å²) in [4.78, 5) is 34.9. The van der Waals surface area contributed by atoms with Gasteiger partial charge in [0.2, 0.25) is 0 Å². The molecule has 17 nitrogen and oxygen atoms in total. The second kappa shape index (κ2) is 16.0. The van der Waals surface area contributed by atoms with Gasteiger partial charge in [-0.1, -0.05) is 42.5 Å². The Morgan fingerprint density at radius 3 is 1.11 bits per heavy atom. The molecular formula is C32H13N8Na3O9S3Zn. The molecule has 3 aromatic heterocycles. The van der Waals surface area contributed by atoms with Crippen LogP contribution in [0.4, 0.5) is 0 Å². The van der Waals surface area contributed by atoms with Gasteiger partial charge in [-0.25, -0.2) is 35.2 Å². The SMILES string of the molecule is O=S(=O)([O-])c1ccc2c(c1)-c1nc-2nc2[n-]c(nc3nc(nc4[n-]c(n1)c1ccc(S(=O)(=O)[O-])cc41)-c1ccccc1-3)c1ccc(S(=O)(=O)[O-])cc21.[Na+].[Na+].[Na+].[Zn+2]. The molecule has 0 N–H and O–H groups in total. The summed E-state index contributed by atoms with van der Waals surface area (Å²) in [6.45, 7) is 0. The van der Waals surface area contributed by atoms with Crippen LogP contribution in [-0.4, -0.2) is 68.8 Å². The van der Waals surface area contributed by atoms with Crippen LogP contribution in [0.1, 0.15) is 0 Å². The van der Waals surface area contributed by atoms with Gasteiger partial charge in [0, 0.05) is 44.8 Å². The van der Waals surface area contributed by atoms with Crippen molar-refractivity contribution in [1.82, 2.24) is 39.9 Å². The van der Waals surface area contributed by atoms with E-state index in [0.29, 0.717) is 16.5 Å². The van der Waals surface area contributed by atoms with E-state index in [0.717, 1.165) is 36.4 Å². The summed E-state index contributed by atoms with van der Waals surface area (Å²) in [5.74, 6) is -0.00733. The molecule has 56 heavy (non-hydrogen) atoms. The quantitative estimate of drug-likeness (QED) is 0.118. The number of hydrogen-bond donors (Lipinski definition) is 0. The van der Waals surface area contributed by atoms with Crippen LogP contribution in [-0.2, 0) is 49.8 Å². The van der Waals surface area contributed by atoms with Crippen molar-refractivity contribution in [2.45, 2.75) is 14.7 Å². The smallest absolute Gasteiger partial charge is 0.744 e. The molecule has 2 aliphatic heterocycles. The maximum Gasteiger partial charge on any atom is 2.00 e. The first-order chi connectivity index (χ1) is 24.6. The van der Waals surface area contributed by atoms with Crippen LogP contribution in [0.2, 0.25) is 0 Å². The molecule has 0 unspecified atom stereocenters. The Morgan fingerprint density at radius 2 is 0.714 bits per heavy atom. The van der Waals surface area contributed by atoms with E-state index in [1.165, 1.54) is 18.2 Å². The molecule has 24 heteroatoms. The second-order valence-electron chi connectivity index (χ2n) is 11.5. The van der Waals surface area contributed by atoms with Gasteiger partial charge >= 0.3 is 108 Å². The molecule has 0 fully saturated rings. The van der Waals surface area contributed by atoms with Crippen molar-refractivity contribution < 1.29 is 147 Å². The fourth-order valence-corrected chi connectivity index (χ4v) is 7.51. The molecule has 0 radical (unpaired) electrons. The van der Waals surface area contributed by atoms with Gasteiger partial charge in [-0.3, -0.25) is 0 Å². The predicted molar refractivity (Wildman–Crippen MR) is 178 cm³/mol. The number of rotatable bonds is 3. The van der Waals surface area contributed by atoms with Gasteiger partial charge < -0.3 is 43.6 Å². The van der Waals surface area contributed by atoms with Crippen molar-refractivity contribution in [1.29, 1.82) is 0 Å². The molecule has 0 aliphatic carbocycles. The van der Waals surface area contributed by atoms with Crippen LogP contribution in [0.5, 0.6) is 0 Å². The average Bonchev–Trinajstić information content (AvgIpc) is 3.82. The van der Waals surface area contributed by atoms with E-state index >= 15 is 0 Å². The zero-order chi connectivity index (χ0) is 36.3. The Morgan fingerprint density at radius 1 is 0.393 bits per heavy atom. The van der Waals surface area contributed by atoms with E-state index < -0.39 is 45.0 Å². The predicted octanol–water partition coefficient (Wildman–Crippen LogP) is -6.15. The second-order valence-corrected chi connectivity index (χ2v) is 15.7. The summed E-state index contributed by atoms with van der Waals surface area (Å²) in [5, 5.41) is 0.760. The molecule has 8 bridgehead atoms. The van der Waals surface area contributed by atoms with Gasteiger partial charge in [-0.15, -0.1) is 0 Å². The molecule has 0 atom stereocenters. The largest absolute Gasteiger partial charge is 2.00 e. The summed E-state index contributed by atoms with van der Waals surface area (Å²) in [7, 11) is -14.8. The first-order valence-electron chi connectivity index (χ1n) is 14.7. The van der Waals surface area contributed by atoms with Gasteiger partial charge in [0.05, 0.1) is 38.0 Å². The molecule has 0 saturated carbocycles. The summed E-state index contributed by atoms with van der Waals surface area (Å²) in [6.07, 6.45) is 0. The van der Waals surface area contributed by atoms with E-state index in [1.807, 2.05) is 0 Å². The number of hydrogen-bond acceptors (Lipinski definition) is 15. The molecule has 4 aromatic carbocycles. The van der Waals surface area contributed by atoms with Gasteiger partial charge in [0.1, 0.15) is 30.4 Å². The van der Waals surface area contributed by atoms with Gasteiger partial charge in [-0.05, 0) is 57.9 Å². The van der Waals surface area contributed by atoms with E-state index in [9.17, 15) is 38.9 Å². The molecule has 9 rings (SSSR count). The summed E-state index contributed by atoms with van der Waals surface area (Å²) >= 11 is 0. The molecule has 258 valence electrons. The zero-order valence-corrected chi connectivity index (χ0v) is 40.6. The first-order valence-corrected chi connectivity index (χ1v) is 19.0. The van der Waals surface area contributed by atoms with Crippen LogP contribution in [0.15, 0.2) is 93.5 Å². The molecule has 5 heterocycles. The van der Waals surface area contributed by atoms with E-state index in [4.69, 9.17) is 0 Å². The number of fused-ring (bicyclic) bond motifs is 20. The summed E-state index contributed by atoms with van der Waals surface area (Å²) in [5.41, 5.74) is 1.07. The van der Waals surface area contributed by atoms with Gasteiger partial charge in [0.15, 0.2) is 0 Å². The van der Waals surface area contributed by atoms with Crippen LogP contribution in [0.25, 0.3) is 89.7 Å².